The zero-order chi connectivity index (χ0) is 14.9. The molecule has 0 aromatic heterocycles. The molecule has 1 aromatic rings. The van der Waals surface area contributed by atoms with E-state index in [9.17, 15) is 19.7 Å². The molecule has 0 aliphatic carbocycles. The second kappa shape index (κ2) is 5.73. The maximum Gasteiger partial charge on any atom is 0.326 e. The van der Waals surface area contributed by atoms with E-state index in [1.54, 1.807) is 0 Å². The summed E-state index contributed by atoms with van der Waals surface area (Å²) in [5.41, 5.74) is 0.200. The van der Waals surface area contributed by atoms with Gasteiger partial charge in [-0.05, 0) is 41.5 Å². The Balaban J connectivity index is 2.29. The van der Waals surface area contributed by atoms with Gasteiger partial charge < -0.3 is 10.0 Å². The number of hydrogen-bond donors (Lipinski definition) is 1. The van der Waals surface area contributed by atoms with E-state index in [4.69, 9.17) is 5.11 Å². The average Bonchev–Trinajstić information content (AvgIpc) is 2.87. The van der Waals surface area contributed by atoms with E-state index in [1.807, 2.05) is 22.6 Å². The molecule has 1 saturated heterocycles. The third-order valence-corrected chi connectivity index (χ3v) is 4.09. The number of non-ortho nitro benzene ring substituents is 1. The van der Waals surface area contributed by atoms with Crippen LogP contribution in [0.4, 0.5) is 5.69 Å². The van der Waals surface area contributed by atoms with Crippen molar-refractivity contribution in [1.29, 1.82) is 0 Å². The van der Waals surface area contributed by atoms with E-state index in [2.05, 4.69) is 0 Å². The molecular formula is C12H11IN2O5. The van der Waals surface area contributed by atoms with Crippen molar-refractivity contribution >= 4 is 40.2 Å². The van der Waals surface area contributed by atoms with Crippen LogP contribution in [0.5, 0.6) is 0 Å². The number of carbonyl (C=O) groups is 2. The molecule has 1 N–H and O–H groups in total. The van der Waals surface area contributed by atoms with Crippen LogP contribution in [0, 0.1) is 13.7 Å². The normalized spacial score (nSPS) is 18.1. The van der Waals surface area contributed by atoms with Crippen molar-refractivity contribution in [1.82, 2.24) is 4.90 Å². The number of nitro benzene ring substituents is 1. The molecule has 1 aromatic carbocycles. The summed E-state index contributed by atoms with van der Waals surface area (Å²) >= 11 is 1.85. The second-order valence-electron chi connectivity index (χ2n) is 4.42. The fourth-order valence-electron chi connectivity index (χ4n) is 2.21. The Hall–Kier alpha value is -1.71. The summed E-state index contributed by atoms with van der Waals surface area (Å²) in [7, 11) is 0. The molecule has 20 heavy (non-hydrogen) atoms. The minimum absolute atomic E-state index is 0.0952. The predicted octanol–water partition coefficient (Wildman–Crippen LogP) is 1.89. The number of nitro groups is 1. The monoisotopic (exact) mass is 390 g/mol. The summed E-state index contributed by atoms with van der Waals surface area (Å²) in [6, 6.07) is 3.12. The van der Waals surface area contributed by atoms with Crippen LogP contribution in [-0.2, 0) is 4.79 Å². The van der Waals surface area contributed by atoms with Gasteiger partial charge in [-0.3, -0.25) is 14.9 Å². The van der Waals surface area contributed by atoms with E-state index < -0.39 is 22.8 Å². The number of benzene rings is 1. The highest BCUT2D eigenvalue weighted by atomic mass is 127. The van der Waals surface area contributed by atoms with Crippen molar-refractivity contribution in [2.45, 2.75) is 18.9 Å². The van der Waals surface area contributed by atoms with Gasteiger partial charge >= 0.3 is 5.97 Å². The SMILES string of the molecule is O=C(O)[C@H]1CCCN1C(=O)c1ccc([N+](=O)[O-])cc1I. The van der Waals surface area contributed by atoms with Gasteiger partial charge in [-0.25, -0.2) is 4.79 Å². The first kappa shape index (κ1) is 14.7. The standard InChI is InChI=1S/C12H11IN2O5/c13-9-6-7(15(19)20)3-4-8(9)11(16)14-5-1-2-10(14)12(17)18/h3-4,6,10H,1-2,5H2,(H,17,18)/t10-/m1/s1. The molecule has 0 spiro atoms. The van der Waals surface area contributed by atoms with Crippen LogP contribution < -0.4 is 0 Å². The summed E-state index contributed by atoms with van der Waals surface area (Å²) in [5.74, 6) is -1.41. The largest absolute Gasteiger partial charge is 0.480 e. The van der Waals surface area contributed by atoms with Gasteiger partial charge in [0.2, 0.25) is 0 Å². The zero-order valence-electron chi connectivity index (χ0n) is 10.3. The fraction of sp³-hybridized carbons (Fsp3) is 0.333. The topological polar surface area (TPSA) is 101 Å². The molecule has 1 aliphatic heterocycles. The molecule has 0 radical (unpaired) electrons. The molecule has 0 unspecified atom stereocenters. The van der Waals surface area contributed by atoms with Crippen LogP contribution in [0.1, 0.15) is 23.2 Å². The number of carbonyl (C=O) groups excluding carboxylic acids is 1. The van der Waals surface area contributed by atoms with Crippen LogP contribution in [0.15, 0.2) is 18.2 Å². The Bertz CT molecular complexity index is 589. The molecule has 1 atom stereocenters. The smallest absolute Gasteiger partial charge is 0.326 e. The van der Waals surface area contributed by atoms with E-state index in [-0.39, 0.29) is 5.69 Å². The Labute approximate surface area is 127 Å². The number of hydrogen-bond acceptors (Lipinski definition) is 4. The lowest BCUT2D eigenvalue weighted by Gasteiger charge is -2.21. The Morgan fingerprint density at radius 3 is 2.70 bits per heavy atom. The molecule has 8 heteroatoms. The third kappa shape index (κ3) is 2.74. The summed E-state index contributed by atoms with van der Waals surface area (Å²) in [6.07, 6.45) is 1.08. The minimum Gasteiger partial charge on any atom is -0.480 e. The predicted molar refractivity (Wildman–Crippen MR) is 77.5 cm³/mol. The number of aliphatic carboxylic acids is 1. The number of rotatable bonds is 3. The van der Waals surface area contributed by atoms with E-state index >= 15 is 0 Å². The summed E-state index contributed by atoms with van der Waals surface area (Å²) in [6.45, 7) is 0.392. The van der Waals surface area contributed by atoms with Gasteiger partial charge in [0.25, 0.3) is 11.6 Å². The number of likely N-dealkylation sites (tertiary alicyclic amines) is 1. The van der Waals surface area contributed by atoms with E-state index in [0.29, 0.717) is 28.5 Å². The Kier molecular flexibility index (Phi) is 4.21. The van der Waals surface area contributed by atoms with Crippen molar-refractivity contribution in [3.05, 3.63) is 37.4 Å². The van der Waals surface area contributed by atoms with Gasteiger partial charge in [-0.1, -0.05) is 0 Å². The maximum absolute atomic E-state index is 12.4. The minimum atomic E-state index is -1.02. The van der Waals surface area contributed by atoms with Crippen LogP contribution in [0.3, 0.4) is 0 Å². The van der Waals surface area contributed by atoms with Crippen LogP contribution >= 0.6 is 22.6 Å². The van der Waals surface area contributed by atoms with Crippen LogP contribution in [-0.4, -0.2) is 39.4 Å². The Morgan fingerprint density at radius 1 is 1.45 bits per heavy atom. The zero-order valence-corrected chi connectivity index (χ0v) is 12.4. The van der Waals surface area contributed by atoms with Gasteiger partial charge in [-0.15, -0.1) is 0 Å². The van der Waals surface area contributed by atoms with Crippen molar-refractivity contribution < 1.29 is 19.6 Å². The highest BCUT2D eigenvalue weighted by molar-refractivity contribution is 14.1. The lowest BCUT2D eigenvalue weighted by Crippen LogP contribution is -2.40. The van der Waals surface area contributed by atoms with Crippen molar-refractivity contribution in [2.24, 2.45) is 0 Å². The van der Waals surface area contributed by atoms with E-state index in [0.717, 1.165) is 0 Å². The first-order valence-corrected chi connectivity index (χ1v) is 6.97. The number of amides is 1. The first-order chi connectivity index (χ1) is 9.41. The molecule has 0 saturated carbocycles. The molecule has 7 nitrogen and oxygen atoms in total. The Morgan fingerprint density at radius 2 is 2.15 bits per heavy atom. The summed E-state index contributed by atoms with van der Waals surface area (Å²) in [5, 5.41) is 19.7. The van der Waals surface area contributed by atoms with Gasteiger partial charge in [0.05, 0.1) is 10.5 Å². The van der Waals surface area contributed by atoms with Gasteiger partial charge in [-0.2, -0.15) is 0 Å². The van der Waals surface area contributed by atoms with Crippen molar-refractivity contribution in [2.75, 3.05) is 6.54 Å². The lowest BCUT2D eigenvalue weighted by atomic mass is 10.1. The number of carboxylic acid groups (broad SMARTS) is 1. The summed E-state index contributed by atoms with van der Waals surface area (Å²) < 4.78 is 0.442. The molecular weight excluding hydrogens is 379 g/mol. The molecule has 1 aliphatic rings. The number of carboxylic acids is 1. The van der Waals surface area contributed by atoms with E-state index in [1.165, 1.54) is 23.1 Å². The molecule has 106 valence electrons. The fourth-order valence-corrected chi connectivity index (χ4v) is 2.94. The number of halogens is 1. The van der Waals surface area contributed by atoms with Gasteiger partial charge in [0, 0.05) is 22.2 Å². The van der Waals surface area contributed by atoms with Crippen LogP contribution in [0.2, 0.25) is 0 Å². The lowest BCUT2D eigenvalue weighted by molar-refractivity contribution is -0.384. The van der Waals surface area contributed by atoms with Crippen molar-refractivity contribution in [3.8, 4) is 0 Å². The summed E-state index contributed by atoms with van der Waals surface area (Å²) in [4.78, 5) is 34.9. The quantitative estimate of drug-likeness (QED) is 0.483. The van der Waals surface area contributed by atoms with Gasteiger partial charge in [0.15, 0.2) is 0 Å². The average molecular weight is 390 g/mol. The molecule has 0 bridgehead atoms. The first-order valence-electron chi connectivity index (χ1n) is 5.89. The molecule has 1 fully saturated rings. The molecule has 1 amide bonds. The second-order valence-corrected chi connectivity index (χ2v) is 5.58. The highest BCUT2D eigenvalue weighted by Crippen LogP contribution is 2.25. The third-order valence-electron chi connectivity index (χ3n) is 3.19. The molecule has 2 rings (SSSR count). The van der Waals surface area contributed by atoms with Crippen LogP contribution in [0.25, 0.3) is 0 Å². The molecule has 1 heterocycles. The highest BCUT2D eigenvalue weighted by Gasteiger charge is 2.35. The number of nitrogens with zero attached hydrogens (tertiary/aromatic N) is 2. The van der Waals surface area contributed by atoms with Gasteiger partial charge in [0.1, 0.15) is 6.04 Å². The maximum atomic E-state index is 12.4. The van der Waals surface area contributed by atoms with Crippen molar-refractivity contribution in [3.63, 3.8) is 0 Å².